The molecule has 4 aromatic rings. The Morgan fingerprint density at radius 1 is 0.900 bits per heavy atom. The van der Waals surface area contributed by atoms with E-state index in [1.165, 1.54) is 11.3 Å². The van der Waals surface area contributed by atoms with Crippen LogP contribution >= 0.6 is 11.3 Å². The van der Waals surface area contributed by atoms with Crippen LogP contribution in [0.4, 0.5) is 5.13 Å². The highest BCUT2D eigenvalue weighted by molar-refractivity contribution is 7.14. The molecular weight excluding hydrogens is 398 g/mol. The van der Waals surface area contributed by atoms with Gasteiger partial charge in [0.05, 0.1) is 19.9 Å². The average Bonchev–Trinajstić information content (AvgIpc) is 3.27. The van der Waals surface area contributed by atoms with Crippen LogP contribution in [-0.4, -0.2) is 30.1 Å². The molecule has 0 bridgehead atoms. The first-order valence-corrected chi connectivity index (χ1v) is 10.1. The van der Waals surface area contributed by atoms with Gasteiger partial charge in [-0.1, -0.05) is 24.3 Å². The van der Waals surface area contributed by atoms with Gasteiger partial charge in [0.1, 0.15) is 5.75 Å². The van der Waals surface area contributed by atoms with Crippen molar-refractivity contribution in [2.24, 2.45) is 0 Å². The highest BCUT2D eigenvalue weighted by Crippen LogP contribution is 2.37. The minimum Gasteiger partial charge on any atom is -0.497 e. The van der Waals surface area contributed by atoms with E-state index in [1.54, 1.807) is 44.7 Å². The van der Waals surface area contributed by atoms with E-state index in [0.717, 1.165) is 22.4 Å². The molecule has 150 valence electrons. The molecule has 0 unspecified atom stereocenters. The number of aromatic nitrogens is 2. The first-order chi connectivity index (χ1) is 14.7. The number of amides is 1. The van der Waals surface area contributed by atoms with Gasteiger partial charge in [-0.05, 0) is 42.0 Å². The molecule has 4 rings (SSSR count). The third-order valence-electron chi connectivity index (χ3n) is 4.53. The molecule has 1 amide bonds. The van der Waals surface area contributed by atoms with Crippen molar-refractivity contribution < 1.29 is 14.3 Å². The molecule has 30 heavy (non-hydrogen) atoms. The highest BCUT2D eigenvalue weighted by Gasteiger charge is 2.15. The summed E-state index contributed by atoms with van der Waals surface area (Å²) in [7, 11) is 3.19. The van der Waals surface area contributed by atoms with Crippen LogP contribution in [0.3, 0.4) is 0 Å². The van der Waals surface area contributed by atoms with Gasteiger partial charge in [-0.3, -0.25) is 10.1 Å². The maximum absolute atomic E-state index is 12.5. The second-order valence-electron chi connectivity index (χ2n) is 6.33. The fourth-order valence-corrected chi connectivity index (χ4v) is 3.77. The third-order valence-corrected chi connectivity index (χ3v) is 5.29. The van der Waals surface area contributed by atoms with E-state index in [-0.39, 0.29) is 5.91 Å². The van der Waals surface area contributed by atoms with Crippen LogP contribution in [0.2, 0.25) is 0 Å². The second-order valence-corrected chi connectivity index (χ2v) is 7.18. The molecule has 6 nitrogen and oxygen atoms in total. The van der Waals surface area contributed by atoms with Gasteiger partial charge in [-0.2, -0.15) is 0 Å². The third kappa shape index (κ3) is 4.01. The number of carbonyl (C=O) groups is 1. The van der Waals surface area contributed by atoms with Crippen molar-refractivity contribution in [1.29, 1.82) is 0 Å². The smallest absolute Gasteiger partial charge is 0.257 e. The summed E-state index contributed by atoms with van der Waals surface area (Å²) in [6, 6.07) is 18.7. The molecule has 2 aromatic heterocycles. The zero-order valence-corrected chi connectivity index (χ0v) is 17.3. The van der Waals surface area contributed by atoms with E-state index in [4.69, 9.17) is 9.47 Å². The number of pyridine rings is 1. The van der Waals surface area contributed by atoms with Gasteiger partial charge in [0.2, 0.25) is 5.88 Å². The lowest BCUT2D eigenvalue weighted by Crippen LogP contribution is -2.11. The van der Waals surface area contributed by atoms with Crippen LogP contribution in [-0.2, 0) is 0 Å². The van der Waals surface area contributed by atoms with Crippen molar-refractivity contribution in [2.45, 2.75) is 0 Å². The van der Waals surface area contributed by atoms with Crippen molar-refractivity contribution in [3.05, 3.63) is 77.8 Å². The number of benzene rings is 2. The molecule has 0 radical (unpaired) electrons. The molecule has 0 saturated carbocycles. The predicted octanol–water partition coefficient (Wildman–Crippen LogP) is 5.14. The summed E-state index contributed by atoms with van der Waals surface area (Å²) in [6.07, 6.45) is 1.70. The molecule has 0 atom stereocenters. The van der Waals surface area contributed by atoms with Gasteiger partial charge in [0.25, 0.3) is 5.91 Å². The molecule has 0 fully saturated rings. The van der Waals surface area contributed by atoms with Crippen LogP contribution in [0.1, 0.15) is 10.4 Å². The number of carbonyl (C=O) groups excluding carboxylic acids is 1. The fraction of sp³-hybridized carbons (Fsp3) is 0.0870. The van der Waals surface area contributed by atoms with Crippen molar-refractivity contribution in [3.8, 4) is 34.0 Å². The number of rotatable bonds is 6. The van der Waals surface area contributed by atoms with Gasteiger partial charge in [0, 0.05) is 28.3 Å². The first kappa shape index (κ1) is 19.6. The summed E-state index contributed by atoms with van der Waals surface area (Å²) in [5, 5.41) is 5.31. The van der Waals surface area contributed by atoms with Crippen LogP contribution < -0.4 is 14.8 Å². The zero-order chi connectivity index (χ0) is 20.9. The topological polar surface area (TPSA) is 73.3 Å². The summed E-state index contributed by atoms with van der Waals surface area (Å²) >= 11 is 1.37. The van der Waals surface area contributed by atoms with Crippen LogP contribution in [0.5, 0.6) is 11.6 Å². The van der Waals surface area contributed by atoms with Gasteiger partial charge < -0.3 is 9.47 Å². The average molecular weight is 417 g/mol. The molecule has 0 aliphatic rings. The van der Waals surface area contributed by atoms with Crippen molar-refractivity contribution in [1.82, 2.24) is 9.97 Å². The molecule has 2 aromatic carbocycles. The lowest BCUT2D eigenvalue weighted by molar-refractivity contribution is 0.102. The van der Waals surface area contributed by atoms with E-state index >= 15 is 0 Å². The van der Waals surface area contributed by atoms with Crippen molar-refractivity contribution in [3.63, 3.8) is 0 Å². The molecule has 0 aliphatic heterocycles. The summed E-state index contributed by atoms with van der Waals surface area (Å²) in [4.78, 5) is 21.4. The number of anilines is 1. The minimum absolute atomic E-state index is 0.222. The predicted molar refractivity (Wildman–Crippen MR) is 118 cm³/mol. The van der Waals surface area contributed by atoms with E-state index in [9.17, 15) is 4.79 Å². The Morgan fingerprint density at radius 2 is 1.63 bits per heavy atom. The maximum Gasteiger partial charge on any atom is 0.257 e. The quantitative estimate of drug-likeness (QED) is 0.470. The summed E-state index contributed by atoms with van der Waals surface area (Å²) in [5.41, 5.74) is 4.08. The van der Waals surface area contributed by atoms with Gasteiger partial charge in [-0.25, -0.2) is 9.97 Å². The highest BCUT2D eigenvalue weighted by atomic mass is 32.1. The molecule has 0 saturated heterocycles. The number of methoxy groups -OCH3 is 2. The monoisotopic (exact) mass is 417 g/mol. The van der Waals surface area contributed by atoms with Crippen molar-refractivity contribution >= 4 is 22.4 Å². The largest absolute Gasteiger partial charge is 0.497 e. The van der Waals surface area contributed by atoms with E-state index in [0.29, 0.717) is 22.3 Å². The Hall–Kier alpha value is -3.71. The summed E-state index contributed by atoms with van der Waals surface area (Å²) < 4.78 is 10.5. The van der Waals surface area contributed by atoms with Crippen LogP contribution in [0.25, 0.3) is 22.4 Å². The lowest BCUT2D eigenvalue weighted by Gasteiger charge is -2.10. The zero-order valence-electron chi connectivity index (χ0n) is 16.5. The normalized spacial score (nSPS) is 10.5. The van der Waals surface area contributed by atoms with Gasteiger partial charge in [0.15, 0.2) is 5.13 Å². The Bertz CT molecular complexity index is 1170. The first-order valence-electron chi connectivity index (χ1n) is 9.19. The number of ether oxygens (including phenoxy) is 2. The SMILES string of the molecule is COc1ccc(C(=O)Nc2nc(-c3ccccc3-c3cccnc3OC)cs2)cc1. The number of nitrogens with one attached hydrogen (secondary N) is 1. The van der Waals surface area contributed by atoms with Crippen LogP contribution in [0, 0.1) is 0 Å². The number of thiazole rings is 1. The molecule has 1 N–H and O–H groups in total. The van der Waals surface area contributed by atoms with Crippen molar-refractivity contribution in [2.75, 3.05) is 19.5 Å². The summed E-state index contributed by atoms with van der Waals surface area (Å²) in [5.74, 6) is 1.03. The molecule has 7 heteroatoms. The molecular formula is C23H19N3O3S. The van der Waals surface area contributed by atoms with Gasteiger partial charge >= 0.3 is 0 Å². The number of nitrogens with zero attached hydrogens (tertiary/aromatic N) is 2. The molecule has 2 heterocycles. The number of hydrogen-bond donors (Lipinski definition) is 1. The minimum atomic E-state index is -0.222. The Balaban J connectivity index is 1.61. The fourth-order valence-electron chi connectivity index (χ4n) is 3.07. The Kier molecular flexibility index (Phi) is 5.72. The molecule has 0 aliphatic carbocycles. The Labute approximate surface area is 178 Å². The standard InChI is InChI=1S/C23H19N3O3S/c1-28-16-11-9-15(10-12-16)21(27)26-23-25-20(14-30-23)18-7-4-3-6-17(18)19-8-5-13-24-22(19)29-2/h3-14H,1-2H3,(H,25,26,27). The number of hydrogen-bond acceptors (Lipinski definition) is 6. The second kappa shape index (κ2) is 8.75. The Morgan fingerprint density at radius 3 is 2.37 bits per heavy atom. The maximum atomic E-state index is 12.5. The van der Waals surface area contributed by atoms with Crippen LogP contribution in [0.15, 0.2) is 72.2 Å². The lowest BCUT2D eigenvalue weighted by atomic mass is 9.99. The van der Waals surface area contributed by atoms with E-state index in [1.807, 2.05) is 41.8 Å². The van der Waals surface area contributed by atoms with Gasteiger partial charge in [-0.15, -0.1) is 11.3 Å². The molecule has 0 spiro atoms. The summed E-state index contributed by atoms with van der Waals surface area (Å²) in [6.45, 7) is 0. The van der Waals surface area contributed by atoms with E-state index in [2.05, 4.69) is 15.3 Å². The van der Waals surface area contributed by atoms with E-state index < -0.39 is 0 Å².